The Bertz CT molecular complexity index is 365. The summed E-state index contributed by atoms with van der Waals surface area (Å²) in [5.41, 5.74) is 0.642. The first-order valence-corrected chi connectivity index (χ1v) is 4.96. The summed E-state index contributed by atoms with van der Waals surface area (Å²) in [6.07, 6.45) is 1.68. The van der Waals surface area contributed by atoms with Crippen molar-refractivity contribution < 1.29 is 19.1 Å². The van der Waals surface area contributed by atoms with E-state index in [4.69, 9.17) is 14.3 Å². The van der Waals surface area contributed by atoms with Crippen LogP contribution in [0.2, 0.25) is 0 Å². The fourth-order valence-electron chi connectivity index (χ4n) is 1.66. The molecule has 5 heteroatoms. The lowest BCUT2D eigenvalue weighted by Crippen LogP contribution is -2.00. The third-order valence-electron chi connectivity index (χ3n) is 2.43. The molecule has 2 rings (SSSR count). The Morgan fingerprint density at radius 1 is 1.67 bits per heavy atom. The van der Waals surface area contributed by atoms with Crippen LogP contribution in [0.15, 0.2) is 4.42 Å². The van der Waals surface area contributed by atoms with Crippen LogP contribution in [0.3, 0.4) is 0 Å². The molecule has 1 saturated heterocycles. The van der Waals surface area contributed by atoms with Crippen LogP contribution in [0.1, 0.15) is 36.3 Å². The van der Waals surface area contributed by atoms with Crippen LogP contribution < -0.4 is 0 Å². The summed E-state index contributed by atoms with van der Waals surface area (Å²) in [5, 5.41) is 8.65. The van der Waals surface area contributed by atoms with Gasteiger partial charge >= 0.3 is 5.97 Å². The van der Waals surface area contributed by atoms with E-state index >= 15 is 0 Å². The highest BCUT2D eigenvalue weighted by atomic mass is 16.5. The highest BCUT2D eigenvalue weighted by molar-refractivity contribution is 5.69. The number of nitrogens with zero attached hydrogens (tertiary/aromatic N) is 1. The van der Waals surface area contributed by atoms with Gasteiger partial charge in [-0.25, -0.2) is 4.98 Å². The summed E-state index contributed by atoms with van der Waals surface area (Å²) in [5.74, 6) is 0.0300. The van der Waals surface area contributed by atoms with Gasteiger partial charge in [-0.05, 0) is 19.8 Å². The number of hydrogen-bond donors (Lipinski definition) is 1. The van der Waals surface area contributed by atoms with Gasteiger partial charge in [-0.15, -0.1) is 0 Å². The number of ether oxygens (including phenoxy) is 1. The molecule has 1 aromatic rings. The van der Waals surface area contributed by atoms with Gasteiger partial charge in [0, 0.05) is 6.61 Å². The maximum absolute atomic E-state index is 10.5. The Hall–Kier alpha value is -1.36. The SMILES string of the molecule is Cc1nc(C2CCCO2)oc1CC(=O)O. The van der Waals surface area contributed by atoms with Gasteiger partial charge in [-0.1, -0.05) is 0 Å². The van der Waals surface area contributed by atoms with Crippen molar-refractivity contribution in [3.05, 3.63) is 17.3 Å². The molecule has 1 N–H and O–H groups in total. The molecule has 1 unspecified atom stereocenters. The summed E-state index contributed by atoms with van der Waals surface area (Å²) in [6.45, 7) is 2.47. The number of oxazole rings is 1. The number of aliphatic carboxylic acids is 1. The predicted octanol–water partition coefficient (Wildman–Crippen LogP) is 1.46. The van der Waals surface area contributed by atoms with Gasteiger partial charge in [0.05, 0.1) is 5.69 Å². The van der Waals surface area contributed by atoms with E-state index < -0.39 is 5.97 Å². The molecule has 0 saturated carbocycles. The Kier molecular flexibility index (Phi) is 2.73. The molecule has 1 aromatic heterocycles. The average molecular weight is 211 g/mol. The van der Waals surface area contributed by atoms with Crippen LogP contribution in [0.5, 0.6) is 0 Å². The maximum atomic E-state index is 10.5. The Balaban J connectivity index is 2.16. The zero-order valence-corrected chi connectivity index (χ0v) is 8.52. The molecular formula is C10H13NO4. The molecule has 15 heavy (non-hydrogen) atoms. The first-order chi connectivity index (χ1) is 7.16. The Morgan fingerprint density at radius 2 is 2.47 bits per heavy atom. The average Bonchev–Trinajstić information content (AvgIpc) is 2.75. The molecule has 5 nitrogen and oxygen atoms in total. The number of carboxylic acids is 1. The van der Waals surface area contributed by atoms with Crippen molar-refractivity contribution in [2.45, 2.75) is 32.3 Å². The number of hydrogen-bond acceptors (Lipinski definition) is 4. The third kappa shape index (κ3) is 2.18. The molecule has 0 amide bonds. The monoisotopic (exact) mass is 211 g/mol. The van der Waals surface area contributed by atoms with E-state index in [1.54, 1.807) is 6.92 Å². The first-order valence-electron chi connectivity index (χ1n) is 4.96. The van der Waals surface area contributed by atoms with E-state index in [0.29, 0.717) is 17.3 Å². The zero-order chi connectivity index (χ0) is 10.8. The molecule has 0 aliphatic carbocycles. The van der Waals surface area contributed by atoms with E-state index in [1.165, 1.54) is 0 Å². The number of aryl methyl sites for hydroxylation is 1. The number of rotatable bonds is 3. The van der Waals surface area contributed by atoms with Crippen LogP contribution in [-0.2, 0) is 16.0 Å². The van der Waals surface area contributed by atoms with Crippen molar-refractivity contribution >= 4 is 5.97 Å². The largest absolute Gasteiger partial charge is 0.481 e. The van der Waals surface area contributed by atoms with Crippen LogP contribution in [-0.4, -0.2) is 22.7 Å². The van der Waals surface area contributed by atoms with Crippen molar-refractivity contribution in [2.75, 3.05) is 6.61 Å². The number of carbonyl (C=O) groups is 1. The second-order valence-corrected chi connectivity index (χ2v) is 3.63. The van der Waals surface area contributed by atoms with Gasteiger partial charge in [0.15, 0.2) is 0 Å². The molecule has 1 atom stereocenters. The lowest BCUT2D eigenvalue weighted by Gasteiger charge is -2.02. The van der Waals surface area contributed by atoms with E-state index in [1.807, 2.05) is 0 Å². The second kappa shape index (κ2) is 4.02. The molecule has 2 heterocycles. The highest BCUT2D eigenvalue weighted by Crippen LogP contribution is 2.29. The smallest absolute Gasteiger partial charge is 0.311 e. The van der Waals surface area contributed by atoms with Crippen LogP contribution in [0.4, 0.5) is 0 Å². The molecular weight excluding hydrogens is 198 g/mol. The minimum atomic E-state index is -0.909. The van der Waals surface area contributed by atoms with E-state index in [9.17, 15) is 4.79 Å². The van der Waals surface area contributed by atoms with Gasteiger partial charge < -0.3 is 14.3 Å². The zero-order valence-electron chi connectivity index (χ0n) is 8.52. The number of aromatic nitrogens is 1. The molecule has 1 aliphatic rings. The van der Waals surface area contributed by atoms with E-state index in [-0.39, 0.29) is 12.5 Å². The summed E-state index contributed by atoms with van der Waals surface area (Å²) >= 11 is 0. The van der Waals surface area contributed by atoms with Crippen molar-refractivity contribution in [3.8, 4) is 0 Å². The fraction of sp³-hybridized carbons (Fsp3) is 0.600. The van der Waals surface area contributed by atoms with E-state index in [2.05, 4.69) is 4.98 Å². The van der Waals surface area contributed by atoms with Crippen LogP contribution in [0.25, 0.3) is 0 Å². The molecule has 1 aliphatic heterocycles. The minimum Gasteiger partial charge on any atom is -0.481 e. The Morgan fingerprint density at radius 3 is 3.07 bits per heavy atom. The maximum Gasteiger partial charge on any atom is 0.311 e. The van der Waals surface area contributed by atoms with Crippen molar-refractivity contribution in [2.24, 2.45) is 0 Å². The van der Waals surface area contributed by atoms with Crippen molar-refractivity contribution in [1.29, 1.82) is 0 Å². The predicted molar refractivity (Wildman–Crippen MR) is 50.5 cm³/mol. The normalized spacial score (nSPS) is 20.7. The van der Waals surface area contributed by atoms with Crippen LogP contribution in [0, 0.1) is 6.92 Å². The summed E-state index contributed by atoms with van der Waals surface area (Å²) < 4.78 is 10.8. The van der Waals surface area contributed by atoms with Gasteiger partial charge in [0.2, 0.25) is 5.89 Å². The molecule has 82 valence electrons. The van der Waals surface area contributed by atoms with Gasteiger partial charge in [0.1, 0.15) is 18.3 Å². The lowest BCUT2D eigenvalue weighted by molar-refractivity contribution is -0.136. The van der Waals surface area contributed by atoms with E-state index in [0.717, 1.165) is 19.4 Å². The highest BCUT2D eigenvalue weighted by Gasteiger charge is 2.24. The molecule has 0 radical (unpaired) electrons. The third-order valence-corrected chi connectivity index (χ3v) is 2.43. The van der Waals surface area contributed by atoms with Crippen molar-refractivity contribution in [3.63, 3.8) is 0 Å². The van der Waals surface area contributed by atoms with Gasteiger partial charge in [-0.2, -0.15) is 0 Å². The van der Waals surface area contributed by atoms with Gasteiger partial charge in [-0.3, -0.25) is 4.79 Å². The number of carboxylic acid groups (broad SMARTS) is 1. The first kappa shape index (κ1) is 10.2. The van der Waals surface area contributed by atoms with Crippen molar-refractivity contribution in [1.82, 2.24) is 4.98 Å². The molecule has 0 bridgehead atoms. The molecule has 1 fully saturated rings. The molecule has 0 aromatic carbocycles. The quantitative estimate of drug-likeness (QED) is 0.819. The Labute approximate surface area is 87.1 Å². The fourth-order valence-corrected chi connectivity index (χ4v) is 1.66. The lowest BCUT2D eigenvalue weighted by atomic mass is 10.2. The summed E-state index contributed by atoms with van der Waals surface area (Å²) in [7, 11) is 0. The second-order valence-electron chi connectivity index (χ2n) is 3.63. The standard InChI is InChI=1S/C10H13NO4/c1-6-8(5-9(12)13)15-10(11-6)7-3-2-4-14-7/h7H,2-5H2,1H3,(H,12,13). The topological polar surface area (TPSA) is 72.6 Å². The molecule has 0 spiro atoms. The minimum absolute atomic E-state index is 0.0914. The summed E-state index contributed by atoms with van der Waals surface area (Å²) in [6, 6.07) is 0. The summed E-state index contributed by atoms with van der Waals surface area (Å²) in [4.78, 5) is 14.7. The van der Waals surface area contributed by atoms with Gasteiger partial charge in [0.25, 0.3) is 0 Å². The van der Waals surface area contributed by atoms with Crippen LogP contribution >= 0.6 is 0 Å².